The SMILES string of the molecule is [2H]C([2H])([2H])c1cc(-c2cc(/C(C)=C\N(C)c3cc(C(C)(C)C)cc(C(C)(C)C)c3)ccn2)[c-]c(-c2cccc3c2nc(-c2ccccc2O)n3-c2cc(C(C)(C)C)cc(C(C)(C)C)c2)c1.[Pt]. The Hall–Kier alpha value is -5.25. The standard InChI is InChI=1S/C57H65N4O.Pt/c1-36-25-39(27-40(26-36)49-28-38(23-24-58-49)37(2)35-60(15)45-31-41(54(3,4)5)29-42(32-45)55(6,7)8)47-20-18-21-50-52(47)59-53(48-19-16-17-22-51(48)62)61(50)46-33-43(56(9,10)11)30-44(34-46)57(12,13)14;/h16-26,28-35,62H,1-15H3;/q-1;/b37-35-;/i1D3;. The van der Waals surface area contributed by atoms with Gasteiger partial charge in [0.05, 0.1) is 16.6 Å². The molecule has 7 rings (SSSR count). The van der Waals surface area contributed by atoms with Crippen molar-refractivity contribution >= 4 is 22.3 Å². The number of hydrogen-bond donors (Lipinski definition) is 1. The topological polar surface area (TPSA) is 54.2 Å². The van der Waals surface area contributed by atoms with Crippen molar-refractivity contribution < 1.29 is 30.3 Å². The van der Waals surface area contributed by atoms with Gasteiger partial charge in [0.15, 0.2) is 0 Å². The quantitative estimate of drug-likeness (QED) is 0.162. The van der Waals surface area contributed by atoms with Crippen LogP contribution in [0.2, 0.25) is 0 Å². The minimum absolute atomic E-state index is 0. The van der Waals surface area contributed by atoms with E-state index in [0.717, 1.165) is 28.0 Å². The molecule has 0 aliphatic heterocycles. The number of benzene rings is 5. The number of aromatic hydroxyl groups is 1. The maximum Gasteiger partial charge on any atom is 0.148 e. The van der Waals surface area contributed by atoms with Crippen LogP contribution in [-0.4, -0.2) is 26.7 Å². The number of allylic oxidation sites excluding steroid dienone is 1. The molecule has 0 aliphatic carbocycles. The summed E-state index contributed by atoms with van der Waals surface area (Å²) in [5.41, 5.74) is 13.3. The molecule has 5 nitrogen and oxygen atoms in total. The molecule has 0 fully saturated rings. The maximum absolute atomic E-state index is 11.3. The summed E-state index contributed by atoms with van der Waals surface area (Å²) < 4.78 is 27.9. The van der Waals surface area contributed by atoms with Crippen molar-refractivity contribution in [1.29, 1.82) is 0 Å². The number of rotatable bonds is 7. The summed E-state index contributed by atoms with van der Waals surface area (Å²) in [5.74, 6) is 0.687. The predicted octanol–water partition coefficient (Wildman–Crippen LogP) is 14.9. The molecule has 0 bridgehead atoms. The summed E-state index contributed by atoms with van der Waals surface area (Å²) in [5, 5.41) is 11.3. The van der Waals surface area contributed by atoms with E-state index >= 15 is 0 Å². The summed E-state index contributed by atoms with van der Waals surface area (Å²) >= 11 is 0. The number of phenolic OH excluding ortho intramolecular Hbond substituents is 1. The van der Waals surface area contributed by atoms with Crippen molar-refractivity contribution in [2.75, 3.05) is 11.9 Å². The third kappa shape index (κ3) is 10.1. The average Bonchev–Trinajstić information content (AvgIpc) is 3.61. The number of nitrogens with zero attached hydrogens (tertiary/aromatic N) is 4. The molecule has 0 saturated heterocycles. The van der Waals surface area contributed by atoms with Gasteiger partial charge in [0, 0.05) is 61.7 Å². The van der Waals surface area contributed by atoms with Gasteiger partial charge in [-0.1, -0.05) is 144 Å². The first-order chi connectivity index (χ1) is 30.1. The van der Waals surface area contributed by atoms with Crippen LogP contribution in [0.3, 0.4) is 0 Å². The van der Waals surface area contributed by atoms with Crippen molar-refractivity contribution in [3.05, 3.63) is 155 Å². The number of hydrogen-bond acceptors (Lipinski definition) is 4. The number of fused-ring (bicyclic) bond motifs is 1. The van der Waals surface area contributed by atoms with Gasteiger partial charge in [-0.2, -0.15) is 0 Å². The van der Waals surface area contributed by atoms with Crippen LogP contribution < -0.4 is 4.90 Å². The number of aromatic nitrogens is 3. The van der Waals surface area contributed by atoms with E-state index in [-0.39, 0.29) is 54.0 Å². The minimum atomic E-state index is -2.41. The van der Waals surface area contributed by atoms with Gasteiger partial charge in [-0.25, -0.2) is 4.98 Å². The summed E-state index contributed by atoms with van der Waals surface area (Å²) in [7, 11) is 2.08. The third-order valence-electron chi connectivity index (χ3n) is 11.8. The first-order valence-corrected chi connectivity index (χ1v) is 21.7. The zero-order valence-corrected chi connectivity index (χ0v) is 41.8. The molecule has 330 valence electrons. The zero-order valence-electron chi connectivity index (χ0n) is 42.5. The normalized spacial score (nSPS) is 13.6. The first-order valence-electron chi connectivity index (χ1n) is 23.2. The van der Waals surface area contributed by atoms with Crippen LogP contribution in [0.5, 0.6) is 5.75 Å². The van der Waals surface area contributed by atoms with Gasteiger partial charge >= 0.3 is 0 Å². The number of para-hydroxylation sites is 2. The predicted molar refractivity (Wildman–Crippen MR) is 264 cm³/mol. The van der Waals surface area contributed by atoms with E-state index in [1.165, 1.54) is 22.3 Å². The van der Waals surface area contributed by atoms with Gasteiger partial charge in [-0.3, -0.25) is 9.55 Å². The van der Waals surface area contributed by atoms with Crippen molar-refractivity contribution in [3.8, 4) is 45.2 Å². The van der Waals surface area contributed by atoms with Gasteiger partial charge in [-0.15, -0.1) is 29.3 Å². The molecule has 7 aromatic rings. The summed E-state index contributed by atoms with van der Waals surface area (Å²) in [6, 6.07) is 37.8. The molecule has 0 atom stereocenters. The number of pyridine rings is 1. The molecule has 2 aromatic heterocycles. The second-order valence-corrected chi connectivity index (χ2v) is 21.0. The van der Waals surface area contributed by atoms with E-state index in [2.05, 4.69) is 155 Å². The fourth-order valence-electron chi connectivity index (χ4n) is 7.82. The molecule has 5 aromatic carbocycles. The van der Waals surface area contributed by atoms with Crippen LogP contribution in [0.1, 0.15) is 128 Å². The Morgan fingerprint density at radius 1 is 0.683 bits per heavy atom. The molecular weight excluding hydrogens is 952 g/mol. The van der Waals surface area contributed by atoms with Crippen molar-refractivity contribution in [2.45, 2.75) is 119 Å². The van der Waals surface area contributed by atoms with E-state index in [1.54, 1.807) is 30.5 Å². The number of aryl methyl sites for hydroxylation is 1. The van der Waals surface area contributed by atoms with Crippen molar-refractivity contribution in [3.63, 3.8) is 0 Å². The van der Waals surface area contributed by atoms with Crippen LogP contribution in [0.4, 0.5) is 5.69 Å². The Morgan fingerprint density at radius 2 is 1.24 bits per heavy atom. The van der Waals surface area contributed by atoms with E-state index in [4.69, 9.17) is 14.1 Å². The van der Waals surface area contributed by atoms with Gasteiger partial charge in [-0.05, 0) is 111 Å². The smallest absolute Gasteiger partial charge is 0.148 e. The van der Waals surface area contributed by atoms with Crippen LogP contribution >= 0.6 is 0 Å². The molecule has 0 saturated carbocycles. The van der Waals surface area contributed by atoms with Crippen LogP contribution in [0.15, 0.2) is 116 Å². The van der Waals surface area contributed by atoms with Gasteiger partial charge in [0.25, 0.3) is 0 Å². The molecular formula is C57H65N4OPt-. The molecule has 6 heteroatoms. The molecule has 0 radical (unpaired) electrons. The maximum atomic E-state index is 11.3. The average molecular weight is 1020 g/mol. The van der Waals surface area contributed by atoms with Crippen LogP contribution in [-0.2, 0) is 42.7 Å². The van der Waals surface area contributed by atoms with Crippen LogP contribution in [0.25, 0.3) is 56.1 Å². The second-order valence-electron chi connectivity index (χ2n) is 21.0. The Kier molecular flexibility index (Phi) is 11.9. The molecule has 0 spiro atoms. The first kappa shape index (κ1) is 43.0. The molecule has 63 heavy (non-hydrogen) atoms. The third-order valence-corrected chi connectivity index (χ3v) is 11.8. The summed E-state index contributed by atoms with van der Waals surface area (Å²) in [6.07, 6.45) is 3.91. The van der Waals surface area contributed by atoms with E-state index < -0.39 is 6.85 Å². The van der Waals surface area contributed by atoms with E-state index in [0.29, 0.717) is 39.3 Å². The van der Waals surface area contributed by atoms with Crippen LogP contribution in [0, 0.1) is 12.9 Å². The minimum Gasteiger partial charge on any atom is -0.507 e. The van der Waals surface area contributed by atoms with Gasteiger partial charge < -0.3 is 10.0 Å². The second kappa shape index (κ2) is 17.4. The Morgan fingerprint density at radius 3 is 1.81 bits per heavy atom. The van der Waals surface area contributed by atoms with Gasteiger partial charge in [0.2, 0.25) is 0 Å². The Labute approximate surface area is 395 Å². The summed E-state index contributed by atoms with van der Waals surface area (Å²) in [6.45, 7) is 26.5. The van der Waals surface area contributed by atoms with E-state index in [9.17, 15) is 5.11 Å². The fourth-order valence-corrected chi connectivity index (χ4v) is 7.82. The Bertz CT molecular complexity index is 2890. The zero-order chi connectivity index (χ0) is 47.6. The fraction of sp³-hybridized carbons (Fsp3) is 0.333. The number of imidazole rings is 1. The van der Waals surface area contributed by atoms with Crippen molar-refractivity contribution in [2.24, 2.45) is 0 Å². The van der Waals surface area contributed by atoms with Crippen molar-refractivity contribution in [1.82, 2.24) is 14.5 Å². The number of anilines is 1. The largest absolute Gasteiger partial charge is 0.507 e. The molecule has 0 amide bonds. The molecule has 2 heterocycles. The van der Waals surface area contributed by atoms with E-state index in [1.807, 2.05) is 42.5 Å². The molecule has 0 unspecified atom stereocenters. The summed E-state index contributed by atoms with van der Waals surface area (Å²) in [4.78, 5) is 12.3. The molecule has 0 aliphatic rings. The molecule has 1 N–H and O–H groups in total. The number of phenols is 1. The monoisotopic (exact) mass is 1020 g/mol. The van der Waals surface area contributed by atoms with Gasteiger partial charge in [0.1, 0.15) is 11.6 Å². The Balaban J connectivity index is 0.00000720.